The smallest absolute Gasteiger partial charge is 0.236 e. The molecule has 1 unspecified atom stereocenters. The summed E-state index contributed by atoms with van der Waals surface area (Å²) in [6.07, 6.45) is 1.51. The predicted octanol–water partition coefficient (Wildman–Crippen LogP) is 6.08. The molecule has 0 aliphatic rings. The van der Waals surface area contributed by atoms with Crippen molar-refractivity contribution in [1.82, 2.24) is 9.62 Å². The molecule has 0 saturated carbocycles. The van der Waals surface area contributed by atoms with Gasteiger partial charge in [-0.1, -0.05) is 64.1 Å². The van der Waals surface area contributed by atoms with E-state index < -0.39 is 11.0 Å². The highest BCUT2D eigenvalue weighted by Gasteiger charge is 2.20. The van der Waals surface area contributed by atoms with Crippen molar-refractivity contribution in [3.05, 3.63) is 82.4 Å². The summed E-state index contributed by atoms with van der Waals surface area (Å²) >= 11 is 0. The molecule has 202 valence electrons. The van der Waals surface area contributed by atoms with E-state index in [1.54, 1.807) is 0 Å². The monoisotopic (exact) mass is 532 g/mol. The van der Waals surface area contributed by atoms with Crippen LogP contribution in [0.1, 0.15) is 67.3 Å². The molecular formula is C31H40N4O2S. The van der Waals surface area contributed by atoms with E-state index in [-0.39, 0.29) is 24.2 Å². The van der Waals surface area contributed by atoms with E-state index in [0.717, 1.165) is 51.2 Å². The van der Waals surface area contributed by atoms with Crippen LogP contribution in [0.3, 0.4) is 0 Å². The average Bonchev–Trinajstić information content (AvgIpc) is 2.87. The van der Waals surface area contributed by atoms with Gasteiger partial charge in [0, 0.05) is 31.1 Å². The van der Waals surface area contributed by atoms with Gasteiger partial charge in [-0.3, -0.25) is 9.52 Å². The summed E-state index contributed by atoms with van der Waals surface area (Å²) in [4.78, 5) is 15.8. The number of carbonyl (C=O) groups is 1. The molecule has 0 heterocycles. The minimum atomic E-state index is -1.62. The van der Waals surface area contributed by atoms with Gasteiger partial charge in [0.2, 0.25) is 5.91 Å². The Bertz CT molecular complexity index is 1280. The highest BCUT2D eigenvalue weighted by molar-refractivity contribution is 7.83. The number of hydrogen-bond donors (Lipinski definition) is 3. The third-order valence-corrected chi connectivity index (χ3v) is 7.67. The van der Waals surface area contributed by atoms with Gasteiger partial charge in [0.25, 0.3) is 0 Å². The lowest BCUT2D eigenvalue weighted by Crippen LogP contribution is -2.28. The Morgan fingerprint density at radius 2 is 1.55 bits per heavy atom. The van der Waals surface area contributed by atoms with Crippen LogP contribution in [0.4, 0.5) is 5.69 Å². The molecule has 0 radical (unpaired) electrons. The fourth-order valence-corrected chi connectivity index (χ4v) is 5.42. The molecule has 0 aromatic heterocycles. The van der Waals surface area contributed by atoms with E-state index >= 15 is 0 Å². The Morgan fingerprint density at radius 1 is 0.947 bits per heavy atom. The highest BCUT2D eigenvalue weighted by Crippen LogP contribution is 2.35. The van der Waals surface area contributed by atoms with Crippen molar-refractivity contribution in [2.24, 2.45) is 0 Å². The zero-order valence-electron chi connectivity index (χ0n) is 23.5. The molecule has 0 aliphatic carbocycles. The minimum Gasteiger partial charge on any atom is -0.388 e. The van der Waals surface area contributed by atoms with Crippen molar-refractivity contribution in [3.63, 3.8) is 0 Å². The first-order valence-corrected chi connectivity index (χ1v) is 14.1. The van der Waals surface area contributed by atoms with E-state index in [0.29, 0.717) is 4.90 Å². The largest absolute Gasteiger partial charge is 0.388 e. The van der Waals surface area contributed by atoms with Crippen LogP contribution in [-0.4, -0.2) is 42.4 Å². The molecule has 0 bridgehead atoms. The van der Waals surface area contributed by atoms with Crippen molar-refractivity contribution in [1.29, 1.82) is 5.41 Å². The molecule has 3 N–H and O–H groups in total. The summed E-state index contributed by atoms with van der Waals surface area (Å²) in [7, 11) is 4.24. The predicted molar refractivity (Wildman–Crippen MR) is 160 cm³/mol. The highest BCUT2D eigenvalue weighted by atomic mass is 32.2. The Balaban J connectivity index is 1.91. The lowest BCUT2D eigenvalue weighted by molar-refractivity contribution is -0.118. The van der Waals surface area contributed by atoms with Gasteiger partial charge in [0.15, 0.2) is 11.0 Å². The van der Waals surface area contributed by atoms with E-state index in [2.05, 4.69) is 60.8 Å². The molecule has 3 aromatic carbocycles. The van der Waals surface area contributed by atoms with Crippen LogP contribution in [0.5, 0.6) is 0 Å². The molecule has 3 rings (SSSR count). The zero-order valence-corrected chi connectivity index (χ0v) is 24.3. The fourth-order valence-electron chi connectivity index (χ4n) is 4.64. The molecule has 7 heteroatoms. The normalized spacial score (nSPS) is 12.2. The maximum absolute atomic E-state index is 13.1. The van der Waals surface area contributed by atoms with Gasteiger partial charge in [-0.25, -0.2) is 4.21 Å². The zero-order chi connectivity index (χ0) is 28.0. The van der Waals surface area contributed by atoms with Crippen LogP contribution in [0, 0.1) is 5.41 Å². The average molecular weight is 533 g/mol. The first-order chi connectivity index (χ1) is 18.0. The molecule has 0 spiro atoms. The lowest BCUT2D eigenvalue weighted by atomic mass is 9.84. The maximum atomic E-state index is 13.1. The van der Waals surface area contributed by atoms with Gasteiger partial charge in [-0.15, -0.1) is 0 Å². The quantitative estimate of drug-likeness (QED) is 0.261. The summed E-state index contributed by atoms with van der Waals surface area (Å²) in [5.74, 6) is 0.147. The van der Waals surface area contributed by atoms with Gasteiger partial charge in [-0.2, -0.15) is 0 Å². The standard InChI is InChI=1S/C31H40N4O2S/c1-20(2)27-14-25(23-10-11-24(18-32)30(16-23)33-5)15-28(21(3)4)29(27)17-31(36)34-38(37)26-12-8-22(9-13-26)19-35(6)7/h8-16,18,20-21,32-33H,17,19H2,1-7H3,(H,34,36). The molecule has 0 saturated heterocycles. The topological polar surface area (TPSA) is 85.3 Å². The van der Waals surface area contributed by atoms with Crippen LogP contribution in [-0.2, 0) is 28.7 Å². The molecule has 38 heavy (non-hydrogen) atoms. The van der Waals surface area contributed by atoms with E-state index in [4.69, 9.17) is 5.41 Å². The number of nitrogens with one attached hydrogen (secondary N) is 3. The first-order valence-electron chi connectivity index (χ1n) is 13.0. The van der Waals surface area contributed by atoms with Gasteiger partial charge in [0.1, 0.15) is 0 Å². The molecule has 6 nitrogen and oxygen atoms in total. The van der Waals surface area contributed by atoms with Gasteiger partial charge < -0.3 is 15.6 Å². The van der Waals surface area contributed by atoms with Crippen molar-refractivity contribution in [3.8, 4) is 11.1 Å². The van der Waals surface area contributed by atoms with Gasteiger partial charge >= 0.3 is 0 Å². The lowest BCUT2D eigenvalue weighted by Gasteiger charge is -2.22. The molecule has 1 amide bonds. The number of hydrogen-bond acceptors (Lipinski definition) is 5. The minimum absolute atomic E-state index is 0.167. The summed E-state index contributed by atoms with van der Waals surface area (Å²) in [6.45, 7) is 9.34. The summed E-state index contributed by atoms with van der Waals surface area (Å²) in [6, 6.07) is 17.9. The molecule has 3 aromatic rings. The van der Waals surface area contributed by atoms with Gasteiger partial charge in [0.05, 0.1) is 11.3 Å². The molecule has 0 aliphatic heterocycles. The van der Waals surface area contributed by atoms with Crippen molar-refractivity contribution in [2.45, 2.75) is 57.4 Å². The van der Waals surface area contributed by atoms with Crippen LogP contribution < -0.4 is 10.0 Å². The second kappa shape index (κ2) is 13.0. The van der Waals surface area contributed by atoms with Crippen molar-refractivity contribution < 1.29 is 9.00 Å². The van der Waals surface area contributed by atoms with Crippen LogP contribution in [0.25, 0.3) is 11.1 Å². The van der Waals surface area contributed by atoms with E-state index in [1.807, 2.05) is 57.5 Å². The Kier molecular flexibility index (Phi) is 10.00. The number of benzene rings is 3. The maximum Gasteiger partial charge on any atom is 0.236 e. The number of rotatable bonds is 11. The SMILES string of the molecule is CNc1cc(-c2cc(C(C)C)c(CC(=O)NS(=O)c3ccc(CN(C)C)cc3)c(C(C)C)c2)ccc1C=N. The summed E-state index contributed by atoms with van der Waals surface area (Å²) < 4.78 is 15.6. The molecule has 1 atom stereocenters. The fraction of sp³-hybridized carbons (Fsp3) is 0.355. The Hall–Kier alpha value is -3.29. The second-order valence-corrected chi connectivity index (χ2v) is 11.7. The third-order valence-electron chi connectivity index (χ3n) is 6.55. The van der Waals surface area contributed by atoms with Crippen LogP contribution in [0.15, 0.2) is 59.5 Å². The summed E-state index contributed by atoms with van der Waals surface area (Å²) in [5.41, 5.74) is 8.21. The number of anilines is 1. The van der Waals surface area contributed by atoms with Gasteiger partial charge in [-0.05, 0) is 77.5 Å². The Morgan fingerprint density at radius 3 is 2.05 bits per heavy atom. The number of nitrogens with zero attached hydrogens (tertiary/aromatic N) is 1. The number of carbonyl (C=O) groups excluding carboxylic acids is 1. The van der Waals surface area contributed by atoms with E-state index in [1.165, 1.54) is 6.21 Å². The molecule has 0 fully saturated rings. The van der Waals surface area contributed by atoms with Crippen LogP contribution >= 0.6 is 0 Å². The van der Waals surface area contributed by atoms with Crippen LogP contribution in [0.2, 0.25) is 0 Å². The summed E-state index contributed by atoms with van der Waals surface area (Å²) in [5, 5.41) is 10.8. The number of amides is 1. The van der Waals surface area contributed by atoms with Crippen molar-refractivity contribution >= 4 is 28.8 Å². The van der Waals surface area contributed by atoms with E-state index in [9.17, 15) is 9.00 Å². The first kappa shape index (κ1) is 29.3. The van der Waals surface area contributed by atoms with Crippen molar-refractivity contribution in [2.75, 3.05) is 26.5 Å². The molecular weight excluding hydrogens is 492 g/mol. The second-order valence-electron chi connectivity index (χ2n) is 10.5. The third kappa shape index (κ3) is 7.17. The Labute approximate surface area is 230 Å².